The van der Waals surface area contributed by atoms with Crippen LogP contribution in [0.2, 0.25) is 0 Å². The van der Waals surface area contributed by atoms with E-state index in [2.05, 4.69) is 10.6 Å². The Labute approximate surface area is 94.2 Å². The summed E-state index contributed by atoms with van der Waals surface area (Å²) in [5, 5.41) is 7.19. The summed E-state index contributed by atoms with van der Waals surface area (Å²) in [5.74, 6) is 1.06. The van der Waals surface area contributed by atoms with Gasteiger partial charge in [0.05, 0.1) is 0 Å². The highest BCUT2D eigenvalue weighted by molar-refractivity contribution is 4.74. The third kappa shape index (κ3) is 4.12. The van der Waals surface area contributed by atoms with Crippen molar-refractivity contribution < 1.29 is 0 Å². The third-order valence-corrected chi connectivity index (χ3v) is 4.04. The second-order valence-corrected chi connectivity index (χ2v) is 5.27. The molecule has 2 aliphatic rings. The lowest BCUT2D eigenvalue weighted by Crippen LogP contribution is -2.36. The van der Waals surface area contributed by atoms with Crippen molar-refractivity contribution >= 4 is 0 Å². The van der Waals surface area contributed by atoms with E-state index in [1.54, 1.807) is 0 Å². The van der Waals surface area contributed by atoms with E-state index in [9.17, 15) is 0 Å². The lowest BCUT2D eigenvalue weighted by atomic mass is 9.83. The van der Waals surface area contributed by atoms with E-state index in [0.29, 0.717) is 0 Å². The van der Waals surface area contributed by atoms with Gasteiger partial charge in [-0.25, -0.2) is 0 Å². The molecule has 15 heavy (non-hydrogen) atoms. The molecule has 2 N–H and O–H groups in total. The molecule has 0 bridgehead atoms. The summed E-state index contributed by atoms with van der Waals surface area (Å²) in [6, 6.07) is 0.801. The van der Waals surface area contributed by atoms with Crippen LogP contribution in [0.4, 0.5) is 0 Å². The third-order valence-electron chi connectivity index (χ3n) is 4.04. The van der Waals surface area contributed by atoms with Crippen LogP contribution in [0.15, 0.2) is 0 Å². The van der Waals surface area contributed by atoms with Crippen LogP contribution in [0.3, 0.4) is 0 Å². The fourth-order valence-electron chi connectivity index (χ4n) is 2.66. The van der Waals surface area contributed by atoms with Crippen molar-refractivity contribution in [1.82, 2.24) is 10.6 Å². The van der Waals surface area contributed by atoms with E-state index in [1.165, 1.54) is 71.0 Å². The maximum Gasteiger partial charge on any atom is 0.00791 e. The van der Waals surface area contributed by atoms with Gasteiger partial charge in [0.2, 0.25) is 0 Å². The van der Waals surface area contributed by atoms with E-state index in [0.717, 1.165) is 12.0 Å². The first-order chi connectivity index (χ1) is 7.45. The predicted octanol–water partition coefficient (Wildman–Crippen LogP) is 2.30. The van der Waals surface area contributed by atoms with Crippen LogP contribution in [-0.4, -0.2) is 25.7 Å². The summed E-state index contributed by atoms with van der Waals surface area (Å²) in [5.41, 5.74) is 0. The van der Waals surface area contributed by atoms with Crippen molar-refractivity contribution in [3.05, 3.63) is 0 Å². The first-order valence-corrected chi connectivity index (χ1v) is 6.89. The highest BCUT2D eigenvalue weighted by atomic mass is 14.9. The average molecular weight is 210 g/mol. The highest BCUT2D eigenvalue weighted by Crippen LogP contribution is 2.28. The van der Waals surface area contributed by atoms with Crippen molar-refractivity contribution in [2.24, 2.45) is 5.92 Å². The van der Waals surface area contributed by atoms with E-state index < -0.39 is 0 Å². The molecule has 1 saturated heterocycles. The molecule has 1 aliphatic heterocycles. The second-order valence-electron chi connectivity index (χ2n) is 5.27. The topological polar surface area (TPSA) is 24.1 Å². The van der Waals surface area contributed by atoms with Gasteiger partial charge in [0, 0.05) is 6.04 Å². The zero-order valence-electron chi connectivity index (χ0n) is 9.93. The molecular formula is C13H26N2. The summed E-state index contributed by atoms with van der Waals surface area (Å²) in [7, 11) is 0. The van der Waals surface area contributed by atoms with Gasteiger partial charge in [-0.1, -0.05) is 25.7 Å². The van der Waals surface area contributed by atoms with Crippen LogP contribution < -0.4 is 10.6 Å². The number of piperidine rings is 1. The first kappa shape index (κ1) is 11.4. The van der Waals surface area contributed by atoms with E-state index in [-0.39, 0.29) is 0 Å². The molecule has 88 valence electrons. The largest absolute Gasteiger partial charge is 0.317 e. The Balaban J connectivity index is 1.40. The molecule has 0 aromatic carbocycles. The number of hydrogen-bond acceptors (Lipinski definition) is 2. The fraction of sp³-hybridized carbons (Fsp3) is 1.00. The Morgan fingerprint density at radius 3 is 2.47 bits per heavy atom. The zero-order chi connectivity index (χ0) is 10.3. The van der Waals surface area contributed by atoms with Crippen molar-refractivity contribution in [2.75, 3.05) is 19.6 Å². The molecule has 2 fully saturated rings. The summed E-state index contributed by atoms with van der Waals surface area (Å²) in [4.78, 5) is 0. The Morgan fingerprint density at radius 1 is 0.933 bits per heavy atom. The maximum absolute atomic E-state index is 3.60. The molecule has 0 aromatic heterocycles. The monoisotopic (exact) mass is 210 g/mol. The minimum absolute atomic E-state index is 0.801. The van der Waals surface area contributed by atoms with Crippen molar-refractivity contribution in [1.29, 1.82) is 0 Å². The van der Waals surface area contributed by atoms with E-state index in [1.807, 2.05) is 0 Å². The van der Waals surface area contributed by atoms with Crippen LogP contribution in [0, 0.1) is 5.92 Å². The van der Waals surface area contributed by atoms with E-state index in [4.69, 9.17) is 0 Å². The summed E-state index contributed by atoms with van der Waals surface area (Å²) < 4.78 is 0. The smallest absolute Gasteiger partial charge is 0.00791 e. The normalized spacial score (nSPS) is 27.6. The molecule has 2 heteroatoms. The summed E-state index contributed by atoms with van der Waals surface area (Å²) in [6.07, 6.45) is 11.4. The molecule has 1 atom stereocenters. The Hall–Kier alpha value is -0.0800. The molecule has 0 aromatic rings. The fourth-order valence-corrected chi connectivity index (χ4v) is 2.66. The van der Waals surface area contributed by atoms with Crippen molar-refractivity contribution in [2.45, 2.75) is 57.4 Å². The SMILES string of the molecule is C1CCC(CCNCCC2CCC2)NC1. The van der Waals surface area contributed by atoms with Gasteiger partial charge >= 0.3 is 0 Å². The minimum Gasteiger partial charge on any atom is -0.317 e. The van der Waals surface area contributed by atoms with Crippen LogP contribution in [-0.2, 0) is 0 Å². The van der Waals surface area contributed by atoms with Crippen LogP contribution in [0.25, 0.3) is 0 Å². The average Bonchev–Trinajstić information content (AvgIpc) is 2.22. The maximum atomic E-state index is 3.60. The van der Waals surface area contributed by atoms with Gasteiger partial charge in [-0.2, -0.15) is 0 Å². The van der Waals surface area contributed by atoms with E-state index >= 15 is 0 Å². The van der Waals surface area contributed by atoms with Crippen molar-refractivity contribution in [3.8, 4) is 0 Å². The Bertz CT molecular complexity index is 160. The number of nitrogens with one attached hydrogen (secondary N) is 2. The quantitative estimate of drug-likeness (QED) is 0.657. The second kappa shape index (κ2) is 6.49. The van der Waals surface area contributed by atoms with Gasteiger partial charge in [-0.3, -0.25) is 0 Å². The standard InChI is InChI=1S/C13H26N2/c1-2-9-15-13(6-1)8-11-14-10-7-12-4-3-5-12/h12-15H,1-11H2. The molecular weight excluding hydrogens is 184 g/mol. The van der Waals surface area contributed by atoms with Gasteiger partial charge in [-0.15, -0.1) is 0 Å². The lowest BCUT2D eigenvalue weighted by Gasteiger charge is -2.26. The van der Waals surface area contributed by atoms with Gasteiger partial charge in [0.1, 0.15) is 0 Å². The molecule has 0 radical (unpaired) electrons. The van der Waals surface area contributed by atoms with Crippen LogP contribution >= 0.6 is 0 Å². The van der Waals surface area contributed by atoms with Gasteiger partial charge in [0.25, 0.3) is 0 Å². The Morgan fingerprint density at radius 2 is 1.80 bits per heavy atom. The Kier molecular flexibility index (Phi) is 4.94. The summed E-state index contributed by atoms with van der Waals surface area (Å²) >= 11 is 0. The van der Waals surface area contributed by atoms with Crippen molar-refractivity contribution in [3.63, 3.8) is 0 Å². The number of hydrogen-bond donors (Lipinski definition) is 2. The molecule has 1 heterocycles. The molecule has 1 saturated carbocycles. The van der Waals surface area contributed by atoms with Crippen LogP contribution in [0.1, 0.15) is 51.4 Å². The summed E-state index contributed by atoms with van der Waals surface area (Å²) in [6.45, 7) is 3.70. The molecule has 2 rings (SSSR count). The molecule has 2 nitrogen and oxygen atoms in total. The molecule has 1 aliphatic carbocycles. The molecule has 1 unspecified atom stereocenters. The highest BCUT2D eigenvalue weighted by Gasteiger charge is 2.16. The van der Waals surface area contributed by atoms with Crippen LogP contribution in [0.5, 0.6) is 0 Å². The molecule has 0 amide bonds. The lowest BCUT2D eigenvalue weighted by molar-refractivity contribution is 0.290. The van der Waals surface area contributed by atoms with Gasteiger partial charge in [0.15, 0.2) is 0 Å². The minimum atomic E-state index is 0.801. The molecule has 0 spiro atoms. The first-order valence-electron chi connectivity index (χ1n) is 6.89. The zero-order valence-corrected chi connectivity index (χ0v) is 9.93. The van der Waals surface area contributed by atoms with Gasteiger partial charge < -0.3 is 10.6 Å². The predicted molar refractivity (Wildman–Crippen MR) is 65.1 cm³/mol. The number of rotatable bonds is 6. The van der Waals surface area contributed by atoms with Gasteiger partial charge in [-0.05, 0) is 51.2 Å².